The van der Waals surface area contributed by atoms with Crippen molar-refractivity contribution in [3.63, 3.8) is 0 Å². The van der Waals surface area contributed by atoms with Gasteiger partial charge in [-0.2, -0.15) is 11.8 Å². The zero-order valence-corrected chi connectivity index (χ0v) is 9.16. The molecule has 1 aromatic carbocycles. The first-order valence-electron chi connectivity index (χ1n) is 4.52. The molecule has 0 fully saturated rings. The molecular weight excluding hydrogens is 199 g/mol. The molecule has 0 spiro atoms. The second-order valence-corrected chi connectivity index (χ2v) is 4.29. The van der Waals surface area contributed by atoms with Crippen molar-refractivity contribution in [2.24, 2.45) is 0 Å². The van der Waals surface area contributed by atoms with E-state index in [0.29, 0.717) is 16.9 Å². The van der Waals surface area contributed by atoms with Crippen molar-refractivity contribution in [2.45, 2.75) is 13.8 Å². The maximum absolute atomic E-state index is 12.7. The number of benzene rings is 1. The minimum absolute atomic E-state index is 0.0781. The maximum Gasteiger partial charge on any atom is 0.172 e. The summed E-state index contributed by atoms with van der Waals surface area (Å²) >= 11 is 1.58. The Balaban J connectivity index is 2.80. The molecule has 0 heterocycles. The standard InChI is InChI=1S/C11H13FOS/c1-3-14-7-11(13)10-5-4-9(12)6-8(10)2/h4-6H,3,7H2,1-2H3. The average molecular weight is 212 g/mol. The molecule has 0 saturated heterocycles. The quantitative estimate of drug-likeness (QED) is 0.713. The number of rotatable bonds is 4. The summed E-state index contributed by atoms with van der Waals surface area (Å²) in [5, 5.41) is 0. The van der Waals surface area contributed by atoms with Gasteiger partial charge in [0.1, 0.15) is 5.82 Å². The highest BCUT2D eigenvalue weighted by molar-refractivity contribution is 7.99. The zero-order chi connectivity index (χ0) is 10.6. The molecule has 1 aromatic rings. The Hall–Kier alpha value is -0.830. The number of carbonyl (C=O) groups excluding carboxylic acids is 1. The van der Waals surface area contributed by atoms with Gasteiger partial charge in [-0.15, -0.1) is 0 Å². The Morgan fingerprint density at radius 2 is 2.21 bits per heavy atom. The van der Waals surface area contributed by atoms with Gasteiger partial charge in [0.25, 0.3) is 0 Å². The minimum atomic E-state index is -0.290. The van der Waals surface area contributed by atoms with Crippen molar-refractivity contribution < 1.29 is 9.18 Å². The first-order valence-corrected chi connectivity index (χ1v) is 5.67. The first kappa shape index (κ1) is 11.2. The van der Waals surface area contributed by atoms with Crippen LogP contribution in [0.3, 0.4) is 0 Å². The van der Waals surface area contributed by atoms with E-state index in [1.165, 1.54) is 12.1 Å². The van der Waals surface area contributed by atoms with Crippen molar-refractivity contribution in [3.8, 4) is 0 Å². The summed E-state index contributed by atoms with van der Waals surface area (Å²) in [5.74, 6) is 1.19. The van der Waals surface area contributed by atoms with Gasteiger partial charge in [0.05, 0.1) is 5.75 Å². The summed E-state index contributed by atoms with van der Waals surface area (Å²) in [6.45, 7) is 3.77. The smallest absolute Gasteiger partial charge is 0.172 e. The number of aryl methyl sites for hydroxylation is 1. The molecule has 3 heteroatoms. The largest absolute Gasteiger partial charge is 0.293 e. The highest BCUT2D eigenvalue weighted by Crippen LogP contribution is 2.13. The normalized spacial score (nSPS) is 10.2. The summed E-state index contributed by atoms with van der Waals surface area (Å²) in [6, 6.07) is 4.28. The molecule has 0 aromatic heterocycles. The van der Waals surface area contributed by atoms with E-state index >= 15 is 0 Å². The molecule has 1 rings (SSSR count). The Morgan fingerprint density at radius 3 is 2.79 bits per heavy atom. The predicted octanol–water partition coefficient (Wildman–Crippen LogP) is 3.07. The lowest BCUT2D eigenvalue weighted by molar-refractivity contribution is 0.102. The van der Waals surface area contributed by atoms with Crippen LogP contribution in [-0.4, -0.2) is 17.3 Å². The third-order valence-corrected chi connectivity index (χ3v) is 2.80. The van der Waals surface area contributed by atoms with Crippen LogP contribution in [0.1, 0.15) is 22.8 Å². The van der Waals surface area contributed by atoms with Crippen molar-refractivity contribution >= 4 is 17.5 Å². The fourth-order valence-electron chi connectivity index (χ4n) is 1.21. The van der Waals surface area contributed by atoms with Crippen molar-refractivity contribution in [2.75, 3.05) is 11.5 Å². The van der Waals surface area contributed by atoms with E-state index in [0.717, 1.165) is 5.75 Å². The summed E-state index contributed by atoms with van der Waals surface area (Å²) in [7, 11) is 0. The topological polar surface area (TPSA) is 17.1 Å². The number of carbonyl (C=O) groups is 1. The van der Waals surface area contributed by atoms with Crippen LogP contribution in [0.15, 0.2) is 18.2 Å². The van der Waals surface area contributed by atoms with Gasteiger partial charge in [-0.25, -0.2) is 4.39 Å². The molecule has 0 aliphatic rings. The third kappa shape index (κ3) is 2.84. The van der Waals surface area contributed by atoms with Crippen LogP contribution >= 0.6 is 11.8 Å². The first-order chi connectivity index (χ1) is 6.65. The van der Waals surface area contributed by atoms with Gasteiger partial charge in [-0.1, -0.05) is 6.92 Å². The number of ketones is 1. The lowest BCUT2D eigenvalue weighted by atomic mass is 10.1. The number of halogens is 1. The molecule has 0 aliphatic carbocycles. The molecule has 0 unspecified atom stereocenters. The molecule has 0 saturated carbocycles. The van der Waals surface area contributed by atoms with E-state index in [2.05, 4.69) is 0 Å². The molecule has 14 heavy (non-hydrogen) atoms. The van der Waals surface area contributed by atoms with E-state index in [9.17, 15) is 9.18 Å². The fourth-order valence-corrected chi connectivity index (χ4v) is 1.76. The zero-order valence-electron chi connectivity index (χ0n) is 8.34. The molecule has 0 bridgehead atoms. The van der Waals surface area contributed by atoms with Gasteiger partial charge >= 0.3 is 0 Å². The van der Waals surface area contributed by atoms with E-state index in [-0.39, 0.29) is 11.6 Å². The van der Waals surface area contributed by atoms with Gasteiger partial charge in [0.2, 0.25) is 0 Å². The van der Waals surface area contributed by atoms with Gasteiger partial charge < -0.3 is 0 Å². The van der Waals surface area contributed by atoms with E-state index in [4.69, 9.17) is 0 Å². The van der Waals surface area contributed by atoms with E-state index < -0.39 is 0 Å². The van der Waals surface area contributed by atoms with Crippen LogP contribution in [0.2, 0.25) is 0 Å². The third-order valence-electron chi connectivity index (χ3n) is 1.93. The van der Waals surface area contributed by atoms with Gasteiger partial charge in [0.15, 0.2) is 5.78 Å². The maximum atomic E-state index is 12.7. The van der Waals surface area contributed by atoms with Gasteiger partial charge in [0, 0.05) is 5.56 Å². The number of Topliss-reactive ketones (excluding diaryl/α,β-unsaturated/α-hetero) is 1. The molecule has 0 radical (unpaired) electrons. The predicted molar refractivity (Wildman–Crippen MR) is 58.5 cm³/mol. The van der Waals surface area contributed by atoms with Crippen molar-refractivity contribution in [1.29, 1.82) is 0 Å². The Morgan fingerprint density at radius 1 is 1.50 bits per heavy atom. The highest BCUT2D eigenvalue weighted by atomic mass is 32.2. The minimum Gasteiger partial charge on any atom is -0.293 e. The van der Waals surface area contributed by atoms with Crippen LogP contribution in [0, 0.1) is 12.7 Å². The SMILES string of the molecule is CCSCC(=O)c1ccc(F)cc1C. The summed E-state index contributed by atoms with van der Waals surface area (Å²) < 4.78 is 12.7. The number of thioether (sulfide) groups is 1. The molecule has 0 N–H and O–H groups in total. The molecule has 0 aliphatic heterocycles. The van der Waals surface area contributed by atoms with Crippen LogP contribution in [-0.2, 0) is 0 Å². The molecule has 0 atom stereocenters. The number of hydrogen-bond donors (Lipinski definition) is 0. The second kappa shape index (κ2) is 5.15. The Labute approximate surface area is 87.7 Å². The van der Waals surface area contributed by atoms with Crippen molar-refractivity contribution in [3.05, 3.63) is 35.1 Å². The molecule has 76 valence electrons. The average Bonchev–Trinajstić information content (AvgIpc) is 2.14. The van der Waals surface area contributed by atoms with E-state index in [1.54, 1.807) is 24.8 Å². The summed E-state index contributed by atoms with van der Waals surface area (Å²) in [6.07, 6.45) is 0. The monoisotopic (exact) mass is 212 g/mol. The molecule has 1 nitrogen and oxygen atoms in total. The lowest BCUT2D eigenvalue weighted by Gasteiger charge is -2.03. The lowest BCUT2D eigenvalue weighted by Crippen LogP contribution is -2.05. The number of hydrogen-bond acceptors (Lipinski definition) is 2. The van der Waals surface area contributed by atoms with Gasteiger partial charge in [-0.05, 0) is 36.4 Å². The van der Waals surface area contributed by atoms with Crippen LogP contribution in [0.25, 0.3) is 0 Å². The van der Waals surface area contributed by atoms with Gasteiger partial charge in [-0.3, -0.25) is 4.79 Å². The summed E-state index contributed by atoms with van der Waals surface area (Å²) in [4.78, 5) is 11.6. The summed E-state index contributed by atoms with van der Waals surface area (Å²) in [5.41, 5.74) is 1.35. The second-order valence-electron chi connectivity index (χ2n) is 3.02. The molecular formula is C11H13FOS. The Kier molecular flexibility index (Phi) is 4.14. The highest BCUT2D eigenvalue weighted by Gasteiger charge is 2.08. The Bertz CT molecular complexity index is 336. The van der Waals surface area contributed by atoms with Crippen LogP contribution < -0.4 is 0 Å². The van der Waals surface area contributed by atoms with Crippen molar-refractivity contribution in [1.82, 2.24) is 0 Å². The van der Waals surface area contributed by atoms with E-state index in [1.807, 2.05) is 6.92 Å². The van der Waals surface area contributed by atoms with Crippen LogP contribution in [0.4, 0.5) is 4.39 Å². The van der Waals surface area contributed by atoms with Crippen LogP contribution in [0.5, 0.6) is 0 Å². The fraction of sp³-hybridized carbons (Fsp3) is 0.364. The molecule has 0 amide bonds.